The molecular formula is C29H30N4O7. The van der Waals surface area contributed by atoms with Crippen molar-refractivity contribution in [2.45, 2.75) is 58.3 Å². The highest BCUT2D eigenvalue weighted by Crippen LogP contribution is 2.40. The molecule has 0 saturated heterocycles. The fourth-order valence-corrected chi connectivity index (χ4v) is 5.15. The van der Waals surface area contributed by atoms with Crippen LogP contribution in [0, 0.1) is 0 Å². The lowest BCUT2D eigenvalue weighted by molar-refractivity contribution is -0.189. The Morgan fingerprint density at radius 2 is 1.82 bits per heavy atom. The predicted octanol–water partition coefficient (Wildman–Crippen LogP) is 2.05. The highest BCUT2D eigenvalue weighted by molar-refractivity contribution is 5.90. The van der Waals surface area contributed by atoms with Crippen LogP contribution in [0.1, 0.15) is 56.2 Å². The Morgan fingerprint density at radius 3 is 2.58 bits per heavy atom. The van der Waals surface area contributed by atoms with Gasteiger partial charge in [0.15, 0.2) is 0 Å². The lowest BCUT2D eigenvalue weighted by Crippen LogP contribution is -2.48. The number of nitrogens with zero attached hydrogens (tertiary/aromatic N) is 2. The standard InChI is InChI=1S/C29H30N4O7/c1-3-11-30-23(34)9-10-24(35)31-14-25(36)40-29(4-2)20-13-22-26-18(12-17-7-5-6-8-21(17)32-26)15-33(22)27(37)19(20)16-39-28(29)38/h5-8,12-13H,3-4,9-11,14-16H2,1-2H3,(H,30,34)(H,31,35)/t29-/m0/s1. The minimum atomic E-state index is -1.86. The second-order valence-corrected chi connectivity index (χ2v) is 9.86. The zero-order valence-corrected chi connectivity index (χ0v) is 22.4. The minimum absolute atomic E-state index is 0.0109. The van der Waals surface area contributed by atoms with Crippen LogP contribution in [0.25, 0.3) is 22.3 Å². The predicted molar refractivity (Wildman–Crippen MR) is 144 cm³/mol. The number of fused-ring (bicyclic) bond motifs is 5. The second-order valence-electron chi connectivity index (χ2n) is 9.86. The number of para-hydroxylation sites is 1. The van der Waals surface area contributed by atoms with Crippen LogP contribution in [0.4, 0.5) is 0 Å². The summed E-state index contributed by atoms with van der Waals surface area (Å²) in [5, 5.41) is 6.05. The number of cyclic esters (lactones) is 1. The summed E-state index contributed by atoms with van der Waals surface area (Å²) in [5.74, 6) is -2.43. The first kappa shape index (κ1) is 27.0. The van der Waals surface area contributed by atoms with Crippen LogP contribution in [0.3, 0.4) is 0 Å². The van der Waals surface area contributed by atoms with Gasteiger partial charge in [-0.05, 0) is 31.0 Å². The largest absolute Gasteiger partial charge is 0.457 e. The van der Waals surface area contributed by atoms with Gasteiger partial charge in [0.25, 0.3) is 5.56 Å². The molecule has 11 nitrogen and oxygen atoms in total. The first-order chi connectivity index (χ1) is 19.3. The van der Waals surface area contributed by atoms with Crippen molar-refractivity contribution in [1.82, 2.24) is 20.2 Å². The Morgan fingerprint density at radius 1 is 1.07 bits per heavy atom. The molecular weight excluding hydrogens is 516 g/mol. The molecule has 1 atom stereocenters. The lowest BCUT2D eigenvalue weighted by atomic mass is 9.85. The van der Waals surface area contributed by atoms with Crippen molar-refractivity contribution in [2.24, 2.45) is 0 Å². The molecule has 2 aliphatic heterocycles. The molecule has 11 heteroatoms. The van der Waals surface area contributed by atoms with E-state index < -0.39 is 30.0 Å². The van der Waals surface area contributed by atoms with Crippen LogP contribution in [0.2, 0.25) is 0 Å². The Balaban J connectivity index is 1.40. The van der Waals surface area contributed by atoms with Crippen LogP contribution in [0.5, 0.6) is 0 Å². The molecule has 0 bridgehead atoms. The molecule has 0 aliphatic carbocycles. The van der Waals surface area contributed by atoms with Gasteiger partial charge in [0, 0.05) is 35.9 Å². The van der Waals surface area contributed by atoms with Gasteiger partial charge >= 0.3 is 11.9 Å². The molecule has 40 heavy (non-hydrogen) atoms. The maximum atomic E-state index is 13.6. The third-order valence-corrected chi connectivity index (χ3v) is 7.25. The van der Waals surface area contributed by atoms with E-state index in [4.69, 9.17) is 14.5 Å². The number of rotatable bonds is 9. The SMILES string of the molecule is CCCNC(=O)CCC(=O)NCC(=O)O[C@]1(CC)C(=O)OCc2c1cc1n(c2=O)Cc2cc3ccccc3nc2-1. The van der Waals surface area contributed by atoms with Crippen molar-refractivity contribution < 1.29 is 28.7 Å². The van der Waals surface area contributed by atoms with Gasteiger partial charge < -0.3 is 24.7 Å². The maximum Gasteiger partial charge on any atom is 0.355 e. The molecule has 2 aromatic heterocycles. The van der Waals surface area contributed by atoms with Crippen molar-refractivity contribution in [3.05, 3.63) is 63.4 Å². The Bertz CT molecular complexity index is 1600. The number of hydrogen-bond acceptors (Lipinski definition) is 8. The van der Waals surface area contributed by atoms with E-state index in [1.807, 2.05) is 37.3 Å². The monoisotopic (exact) mass is 546 g/mol. The number of benzene rings is 1. The molecule has 0 fully saturated rings. The molecule has 2 amide bonds. The number of aromatic nitrogens is 2. The van der Waals surface area contributed by atoms with Gasteiger partial charge in [-0.15, -0.1) is 0 Å². The molecule has 0 unspecified atom stereocenters. The number of esters is 2. The van der Waals surface area contributed by atoms with Crippen LogP contribution >= 0.6 is 0 Å². The molecule has 0 saturated carbocycles. The number of nitrogens with one attached hydrogen (secondary N) is 2. The van der Waals surface area contributed by atoms with Crippen molar-refractivity contribution in [1.29, 1.82) is 0 Å². The normalized spacial score (nSPS) is 16.9. The average Bonchev–Trinajstić information content (AvgIpc) is 3.32. The molecule has 1 aromatic carbocycles. The molecule has 0 spiro atoms. The second kappa shape index (κ2) is 10.9. The molecule has 3 aromatic rings. The Hall–Kier alpha value is -4.54. The van der Waals surface area contributed by atoms with Crippen molar-refractivity contribution >= 4 is 34.7 Å². The smallest absolute Gasteiger partial charge is 0.355 e. The summed E-state index contributed by atoms with van der Waals surface area (Å²) in [7, 11) is 0. The average molecular weight is 547 g/mol. The summed E-state index contributed by atoms with van der Waals surface area (Å²) in [6.45, 7) is 3.67. The summed E-state index contributed by atoms with van der Waals surface area (Å²) in [4.78, 5) is 68.2. The number of ether oxygens (including phenoxy) is 2. The fourth-order valence-electron chi connectivity index (χ4n) is 5.15. The van der Waals surface area contributed by atoms with E-state index in [9.17, 15) is 24.0 Å². The molecule has 4 heterocycles. The molecule has 208 valence electrons. The van der Waals surface area contributed by atoms with Gasteiger partial charge in [-0.3, -0.25) is 19.2 Å². The summed E-state index contributed by atoms with van der Waals surface area (Å²) >= 11 is 0. The van der Waals surface area contributed by atoms with E-state index in [-0.39, 0.29) is 48.5 Å². The van der Waals surface area contributed by atoms with Gasteiger partial charge in [0.2, 0.25) is 17.4 Å². The topological polar surface area (TPSA) is 146 Å². The van der Waals surface area contributed by atoms with E-state index >= 15 is 0 Å². The van der Waals surface area contributed by atoms with E-state index in [2.05, 4.69) is 10.6 Å². The lowest BCUT2D eigenvalue weighted by Gasteiger charge is -2.35. The summed E-state index contributed by atoms with van der Waals surface area (Å²) in [6.07, 6.45) is 0.677. The van der Waals surface area contributed by atoms with E-state index in [1.165, 1.54) is 0 Å². The molecule has 2 aliphatic rings. The number of hydrogen-bond donors (Lipinski definition) is 2. The summed E-state index contributed by atoms with van der Waals surface area (Å²) in [6, 6.07) is 11.3. The quantitative estimate of drug-likeness (QED) is 0.304. The first-order valence-electron chi connectivity index (χ1n) is 13.4. The Labute approximate surface area is 229 Å². The van der Waals surface area contributed by atoms with Gasteiger partial charge in [-0.1, -0.05) is 32.0 Å². The van der Waals surface area contributed by atoms with E-state index in [1.54, 1.807) is 17.6 Å². The Kier molecular flexibility index (Phi) is 7.38. The van der Waals surface area contributed by atoms with E-state index in [0.717, 1.165) is 22.9 Å². The highest BCUT2D eigenvalue weighted by Gasteiger charge is 2.50. The first-order valence-corrected chi connectivity index (χ1v) is 13.4. The van der Waals surface area contributed by atoms with Crippen molar-refractivity contribution in [2.75, 3.05) is 13.1 Å². The van der Waals surface area contributed by atoms with Crippen LogP contribution < -0.4 is 16.2 Å². The number of carbonyl (C=O) groups is 4. The molecule has 0 radical (unpaired) electrons. The van der Waals surface area contributed by atoms with Crippen LogP contribution in [-0.2, 0) is 47.4 Å². The molecule has 5 rings (SSSR count). The van der Waals surface area contributed by atoms with Crippen molar-refractivity contribution in [3.8, 4) is 11.4 Å². The third kappa shape index (κ3) is 4.83. The summed E-state index contributed by atoms with van der Waals surface area (Å²) in [5.41, 5.74) is 1.10. The van der Waals surface area contributed by atoms with Crippen LogP contribution in [-0.4, -0.2) is 46.4 Å². The number of carbonyl (C=O) groups excluding carboxylic acids is 4. The van der Waals surface area contributed by atoms with Gasteiger partial charge in [-0.2, -0.15) is 0 Å². The zero-order chi connectivity index (χ0) is 28.4. The van der Waals surface area contributed by atoms with Gasteiger partial charge in [-0.25, -0.2) is 9.78 Å². The third-order valence-electron chi connectivity index (χ3n) is 7.25. The number of pyridine rings is 2. The van der Waals surface area contributed by atoms with Crippen molar-refractivity contribution in [3.63, 3.8) is 0 Å². The molecule has 2 N–H and O–H groups in total. The fraction of sp³-hybridized carbons (Fsp3) is 0.379. The van der Waals surface area contributed by atoms with Crippen LogP contribution in [0.15, 0.2) is 41.2 Å². The zero-order valence-electron chi connectivity index (χ0n) is 22.4. The maximum absolute atomic E-state index is 13.6. The minimum Gasteiger partial charge on any atom is -0.457 e. The van der Waals surface area contributed by atoms with E-state index in [0.29, 0.717) is 24.5 Å². The van der Waals surface area contributed by atoms with Gasteiger partial charge in [0.1, 0.15) is 13.2 Å². The summed E-state index contributed by atoms with van der Waals surface area (Å²) < 4.78 is 12.6. The van der Waals surface area contributed by atoms with Gasteiger partial charge in [0.05, 0.1) is 29.0 Å². The highest BCUT2D eigenvalue weighted by atomic mass is 16.6. The number of amides is 2.